The van der Waals surface area contributed by atoms with Gasteiger partial charge in [-0.25, -0.2) is 0 Å². The number of hydrogen-bond donors (Lipinski definition) is 0. The van der Waals surface area contributed by atoms with Gasteiger partial charge >= 0.3 is 6.18 Å². The predicted molar refractivity (Wildman–Crippen MR) is 70.0 cm³/mol. The maximum Gasteiger partial charge on any atom is 0.416 e. The average molecular weight is 274 g/mol. The molecule has 0 fully saturated rings. The van der Waals surface area contributed by atoms with Crippen molar-refractivity contribution in [2.24, 2.45) is 0 Å². The van der Waals surface area contributed by atoms with Crippen LogP contribution in [0.3, 0.4) is 0 Å². The van der Waals surface area contributed by atoms with Gasteiger partial charge in [-0.1, -0.05) is 30.3 Å². The molecule has 0 aliphatic heterocycles. The Labute approximate surface area is 112 Å². The normalized spacial score (nSPS) is 11.8. The van der Waals surface area contributed by atoms with E-state index < -0.39 is 11.7 Å². The summed E-state index contributed by atoms with van der Waals surface area (Å²) in [6.07, 6.45) is -2.76. The van der Waals surface area contributed by atoms with E-state index >= 15 is 0 Å². The Morgan fingerprint density at radius 1 is 0.850 bits per heavy atom. The molecular weight excluding hydrogens is 265 g/mol. The standard InChI is InChI=1S/C15H9F3N2/c16-15(17,18)11-7-5-10(6-8-11)13-9-19-20-14-4-2-1-3-12(13)14/h1-9H. The van der Waals surface area contributed by atoms with Gasteiger partial charge in [0.05, 0.1) is 17.3 Å². The molecule has 0 saturated heterocycles. The summed E-state index contributed by atoms with van der Waals surface area (Å²) in [5, 5.41) is 8.75. The molecule has 3 rings (SSSR count). The molecule has 0 saturated carbocycles. The van der Waals surface area contributed by atoms with Gasteiger partial charge in [0.1, 0.15) is 0 Å². The zero-order valence-corrected chi connectivity index (χ0v) is 10.2. The molecule has 5 heteroatoms. The number of rotatable bonds is 1. The van der Waals surface area contributed by atoms with Gasteiger partial charge in [-0.15, -0.1) is 0 Å². The second-order valence-electron chi connectivity index (χ2n) is 4.35. The zero-order chi connectivity index (χ0) is 14.2. The van der Waals surface area contributed by atoms with Crippen molar-refractivity contribution in [3.63, 3.8) is 0 Å². The fourth-order valence-electron chi connectivity index (χ4n) is 2.08. The third-order valence-electron chi connectivity index (χ3n) is 3.07. The van der Waals surface area contributed by atoms with E-state index in [-0.39, 0.29) is 0 Å². The summed E-state index contributed by atoms with van der Waals surface area (Å²) in [4.78, 5) is 0. The quantitative estimate of drug-likeness (QED) is 0.660. The summed E-state index contributed by atoms with van der Waals surface area (Å²) in [6, 6.07) is 12.4. The Morgan fingerprint density at radius 3 is 2.25 bits per heavy atom. The summed E-state index contributed by atoms with van der Waals surface area (Å²) < 4.78 is 37.7. The summed E-state index contributed by atoms with van der Waals surface area (Å²) in [5.74, 6) is 0. The lowest BCUT2D eigenvalue weighted by Crippen LogP contribution is -2.04. The highest BCUT2D eigenvalue weighted by atomic mass is 19.4. The second-order valence-corrected chi connectivity index (χ2v) is 4.35. The van der Waals surface area contributed by atoms with Crippen LogP contribution in [-0.4, -0.2) is 10.2 Å². The molecular formula is C15H9F3N2. The van der Waals surface area contributed by atoms with Gasteiger partial charge < -0.3 is 0 Å². The number of benzene rings is 2. The van der Waals surface area contributed by atoms with Gasteiger partial charge in [0, 0.05) is 10.9 Å². The van der Waals surface area contributed by atoms with Crippen molar-refractivity contribution in [2.45, 2.75) is 6.18 Å². The van der Waals surface area contributed by atoms with Crippen molar-refractivity contribution >= 4 is 10.9 Å². The van der Waals surface area contributed by atoms with Crippen LogP contribution in [0.4, 0.5) is 13.2 Å². The number of aromatic nitrogens is 2. The lowest BCUT2D eigenvalue weighted by Gasteiger charge is -2.09. The van der Waals surface area contributed by atoms with E-state index in [2.05, 4.69) is 10.2 Å². The van der Waals surface area contributed by atoms with Crippen molar-refractivity contribution in [3.05, 3.63) is 60.3 Å². The minimum Gasteiger partial charge on any atom is -0.166 e. The molecule has 2 nitrogen and oxygen atoms in total. The van der Waals surface area contributed by atoms with Gasteiger partial charge in [0.15, 0.2) is 0 Å². The van der Waals surface area contributed by atoms with Crippen LogP contribution in [0.2, 0.25) is 0 Å². The molecule has 0 aliphatic carbocycles. The molecule has 0 unspecified atom stereocenters. The van der Waals surface area contributed by atoms with Gasteiger partial charge in [-0.05, 0) is 23.8 Å². The van der Waals surface area contributed by atoms with E-state index in [1.165, 1.54) is 12.1 Å². The fourth-order valence-corrected chi connectivity index (χ4v) is 2.08. The minimum atomic E-state index is -4.32. The van der Waals surface area contributed by atoms with Gasteiger partial charge in [0.2, 0.25) is 0 Å². The van der Waals surface area contributed by atoms with E-state index in [9.17, 15) is 13.2 Å². The van der Waals surface area contributed by atoms with Gasteiger partial charge in [-0.3, -0.25) is 0 Å². The van der Waals surface area contributed by atoms with Crippen LogP contribution >= 0.6 is 0 Å². The SMILES string of the molecule is FC(F)(F)c1ccc(-c2cnnc3ccccc23)cc1. The molecule has 0 aliphatic rings. The fraction of sp³-hybridized carbons (Fsp3) is 0.0667. The number of fused-ring (bicyclic) bond motifs is 1. The Kier molecular flexibility index (Phi) is 2.89. The summed E-state index contributed by atoms with van der Waals surface area (Å²) >= 11 is 0. The van der Waals surface area contributed by atoms with Crippen LogP contribution < -0.4 is 0 Å². The van der Waals surface area contributed by atoms with Gasteiger partial charge in [-0.2, -0.15) is 23.4 Å². The molecule has 0 radical (unpaired) electrons. The number of alkyl halides is 3. The number of halogens is 3. The van der Waals surface area contributed by atoms with Crippen LogP contribution in [0.15, 0.2) is 54.7 Å². The highest BCUT2D eigenvalue weighted by molar-refractivity contribution is 5.93. The first-order valence-corrected chi connectivity index (χ1v) is 5.94. The Morgan fingerprint density at radius 2 is 1.55 bits per heavy atom. The minimum absolute atomic E-state index is 0.660. The molecule has 0 N–H and O–H groups in total. The second kappa shape index (κ2) is 4.59. The maximum absolute atomic E-state index is 12.6. The van der Waals surface area contributed by atoms with E-state index in [0.29, 0.717) is 11.1 Å². The zero-order valence-electron chi connectivity index (χ0n) is 10.2. The molecule has 1 aromatic heterocycles. The third kappa shape index (κ3) is 2.22. The predicted octanol–water partition coefficient (Wildman–Crippen LogP) is 4.32. The molecule has 0 amide bonds. The Bertz CT molecular complexity index is 744. The smallest absolute Gasteiger partial charge is 0.166 e. The first kappa shape index (κ1) is 12.6. The summed E-state index contributed by atoms with van der Waals surface area (Å²) in [5.41, 5.74) is 1.51. The molecule has 0 bridgehead atoms. The Hall–Kier alpha value is -2.43. The monoisotopic (exact) mass is 274 g/mol. The third-order valence-corrected chi connectivity index (χ3v) is 3.07. The molecule has 0 spiro atoms. The highest BCUT2D eigenvalue weighted by Crippen LogP contribution is 2.32. The van der Waals surface area contributed by atoms with Crippen LogP contribution in [0, 0.1) is 0 Å². The van der Waals surface area contributed by atoms with Crippen molar-refractivity contribution in [2.75, 3.05) is 0 Å². The molecule has 100 valence electrons. The van der Waals surface area contributed by atoms with E-state index in [1.54, 1.807) is 6.20 Å². The van der Waals surface area contributed by atoms with E-state index in [1.807, 2.05) is 24.3 Å². The van der Waals surface area contributed by atoms with Crippen molar-refractivity contribution in [3.8, 4) is 11.1 Å². The maximum atomic E-state index is 12.6. The van der Waals surface area contributed by atoms with E-state index in [0.717, 1.165) is 23.1 Å². The lowest BCUT2D eigenvalue weighted by atomic mass is 10.0. The molecule has 20 heavy (non-hydrogen) atoms. The van der Waals surface area contributed by atoms with Crippen LogP contribution in [0.5, 0.6) is 0 Å². The molecule has 2 aromatic carbocycles. The number of hydrogen-bond acceptors (Lipinski definition) is 2. The van der Waals surface area contributed by atoms with Crippen LogP contribution in [0.25, 0.3) is 22.0 Å². The first-order chi connectivity index (χ1) is 9.55. The average Bonchev–Trinajstić information content (AvgIpc) is 2.46. The van der Waals surface area contributed by atoms with E-state index in [4.69, 9.17) is 0 Å². The summed E-state index contributed by atoms with van der Waals surface area (Å²) in [7, 11) is 0. The molecule has 3 aromatic rings. The highest BCUT2D eigenvalue weighted by Gasteiger charge is 2.30. The Balaban J connectivity index is 2.12. The largest absolute Gasteiger partial charge is 0.416 e. The van der Waals surface area contributed by atoms with Crippen molar-refractivity contribution in [1.29, 1.82) is 0 Å². The first-order valence-electron chi connectivity index (χ1n) is 5.94. The summed E-state index contributed by atoms with van der Waals surface area (Å²) in [6.45, 7) is 0. The van der Waals surface area contributed by atoms with Crippen molar-refractivity contribution in [1.82, 2.24) is 10.2 Å². The van der Waals surface area contributed by atoms with Crippen LogP contribution in [-0.2, 0) is 6.18 Å². The topological polar surface area (TPSA) is 25.8 Å². The molecule has 1 heterocycles. The molecule has 0 atom stereocenters. The number of nitrogens with zero attached hydrogens (tertiary/aromatic N) is 2. The van der Waals surface area contributed by atoms with Crippen molar-refractivity contribution < 1.29 is 13.2 Å². The lowest BCUT2D eigenvalue weighted by molar-refractivity contribution is -0.137. The van der Waals surface area contributed by atoms with Crippen LogP contribution in [0.1, 0.15) is 5.56 Å². The van der Waals surface area contributed by atoms with Gasteiger partial charge in [0.25, 0.3) is 0 Å².